The molecule has 2 heterocycles. The van der Waals surface area contributed by atoms with Gasteiger partial charge in [-0.25, -0.2) is 4.79 Å². The van der Waals surface area contributed by atoms with Crippen LogP contribution in [0.3, 0.4) is 0 Å². The van der Waals surface area contributed by atoms with E-state index in [4.69, 9.17) is 13.9 Å². The number of carbonyl (C=O) groups is 1. The summed E-state index contributed by atoms with van der Waals surface area (Å²) in [7, 11) is 0. The van der Waals surface area contributed by atoms with Crippen molar-refractivity contribution in [3.05, 3.63) is 75.1 Å². The van der Waals surface area contributed by atoms with Gasteiger partial charge in [0.05, 0.1) is 5.56 Å². The number of hydrogen-bond acceptors (Lipinski definition) is 6. The van der Waals surface area contributed by atoms with Crippen molar-refractivity contribution in [3.8, 4) is 5.75 Å². The third-order valence-electron chi connectivity index (χ3n) is 6.69. The number of esters is 1. The molecule has 0 spiro atoms. The lowest BCUT2D eigenvalue weighted by Gasteiger charge is -2.36. The van der Waals surface area contributed by atoms with Crippen molar-refractivity contribution in [2.24, 2.45) is 5.92 Å². The number of rotatable bonds is 5. The van der Waals surface area contributed by atoms with Crippen LogP contribution in [0.25, 0.3) is 11.0 Å². The summed E-state index contributed by atoms with van der Waals surface area (Å²) in [5.74, 6) is 0.450. The molecule has 33 heavy (non-hydrogen) atoms. The fourth-order valence-electron chi connectivity index (χ4n) is 5.07. The van der Waals surface area contributed by atoms with Crippen molar-refractivity contribution < 1.29 is 18.7 Å². The van der Waals surface area contributed by atoms with Gasteiger partial charge in [-0.15, -0.1) is 0 Å². The molecule has 0 saturated heterocycles. The maximum Gasteiger partial charge on any atom is 0.339 e. The smallest absolute Gasteiger partial charge is 0.339 e. The van der Waals surface area contributed by atoms with Gasteiger partial charge in [0.15, 0.2) is 0 Å². The van der Waals surface area contributed by atoms with Crippen LogP contribution in [0.1, 0.15) is 48.9 Å². The second-order valence-electron chi connectivity index (χ2n) is 9.28. The second-order valence-corrected chi connectivity index (χ2v) is 9.28. The molecule has 2 aromatic carbocycles. The van der Waals surface area contributed by atoms with Gasteiger partial charge in [0.1, 0.15) is 30.7 Å². The lowest BCUT2D eigenvalue weighted by molar-refractivity contribution is -0.155. The Balaban J connectivity index is 1.44. The maximum atomic E-state index is 13.1. The second kappa shape index (κ2) is 9.02. The summed E-state index contributed by atoms with van der Waals surface area (Å²) < 4.78 is 17.5. The Kier molecular flexibility index (Phi) is 5.94. The first-order chi connectivity index (χ1) is 16.0. The van der Waals surface area contributed by atoms with Crippen LogP contribution in [0.5, 0.6) is 5.75 Å². The van der Waals surface area contributed by atoms with Gasteiger partial charge in [0.2, 0.25) is 0 Å². The monoisotopic (exact) mass is 447 g/mol. The zero-order valence-corrected chi connectivity index (χ0v) is 19.1. The van der Waals surface area contributed by atoms with Crippen LogP contribution < -0.4 is 10.4 Å². The summed E-state index contributed by atoms with van der Waals surface area (Å²) in [5, 5.41) is 0.987. The minimum absolute atomic E-state index is 0.0215. The van der Waals surface area contributed by atoms with E-state index in [0.29, 0.717) is 17.9 Å². The summed E-state index contributed by atoms with van der Waals surface area (Å²) in [6.45, 7) is 4.97. The molecule has 172 valence electrons. The van der Waals surface area contributed by atoms with Gasteiger partial charge in [-0.05, 0) is 54.9 Å². The van der Waals surface area contributed by atoms with E-state index >= 15 is 0 Å². The Morgan fingerprint density at radius 3 is 2.55 bits per heavy atom. The van der Waals surface area contributed by atoms with Crippen LogP contribution in [-0.2, 0) is 35.5 Å². The number of nitrogens with zero attached hydrogens (tertiary/aromatic N) is 1. The number of ether oxygens (including phenoxy) is 2. The minimum atomic E-state index is -0.471. The number of fused-ring (bicyclic) bond motifs is 5. The molecule has 2 aliphatic rings. The molecule has 1 atom stereocenters. The minimum Gasteiger partial charge on any atom is -0.478 e. The Morgan fingerprint density at radius 2 is 1.79 bits per heavy atom. The first-order valence-electron chi connectivity index (χ1n) is 11.7. The Morgan fingerprint density at radius 1 is 1.03 bits per heavy atom. The number of hydrogen-bond donors (Lipinski definition) is 0. The van der Waals surface area contributed by atoms with Gasteiger partial charge in [0.25, 0.3) is 0 Å². The molecule has 0 fully saturated rings. The fourth-order valence-corrected chi connectivity index (χ4v) is 5.07. The summed E-state index contributed by atoms with van der Waals surface area (Å²) >= 11 is 0. The lowest BCUT2D eigenvalue weighted by atomic mass is 9.89. The molecule has 3 aromatic rings. The van der Waals surface area contributed by atoms with E-state index in [0.717, 1.165) is 53.3 Å². The van der Waals surface area contributed by atoms with Gasteiger partial charge in [0, 0.05) is 17.5 Å². The van der Waals surface area contributed by atoms with Gasteiger partial charge in [-0.1, -0.05) is 44.2 Å². The molecule has 1 aliphatic carbocycles. The molecule has 0 bridgehead atoms. The summed E-state index contributed by atoms with van der Waals surface area (Å²) in [5.41, 5.74) is 4.03. The molecule has 5 rings (SSSR count). The first-order valence-corrected chi connectivity index (χ1v) is 11.7. The predicted octanol–water partition coefficient (Wildman–Crippen LogP) is 4.59. The average Bonchev–Trinajstić information content (AvgIpc) is 2.83. The van der Waals surface area contributed by atoms with Crippen molar-refractivity contribution >= 4 is 16.9 Å². The normalized spacial score (nSPS) is 16.7. The van der Waals surface area contributed by atoms with E-state index < -0.39 is 6.04 Å². The van der Waals surface area contributed by atoms with Gasteiger partial charge in [-0.2, -0.15) is 0 Å². The third kappa shape index (κ3) is 4.15. The van der Waals surface area contributed by atoms with E-state index in [1.807, 2.05) is 61.2 Å². The van der Waals surface area contributed by atoms with Crippen LogP contribution in [0.4, 0.5) is 0 Å². The topological polar surface area (TPSA) is 69.0 Å². The zero-order chi connectivity index (χ0) is 22.9. The average molecular weight is 448 g/mol. The van der Waals surface area contributed by atoms with Crippen molar-refractivity contribution in [1.29, 1.82) is 0 Å². The molecule has 0 N–H and O–H groups in total. The van der Waals surface area contributed by atoms with Gasteiger partial charge < -0.3 is 13.9 Å². The number of carbonyl (C=O) groups excluding carboxylic acids is 1. The molecular formula is C27H29NO5. The van der Waals surface area contributed by atoms with Crippen molar-refractivity contribution in [3.63, 3.8) is 0 Å². The Hall–Kier alpha value is -3.12. The standard InChI is InChI=1S/C27H29NO5/c1-17(2)24(27(30)31-15-18-8-4-3-5-9-18)28-14-22-23(32-16-28)13-12-20-19-10-6-7-11-21(19)26(29)33-25(20)22/h3-5,8-9,12-13,17,24H,6-7,10-11,14-16H2,1-2H3/t24-/m0/s1. The number of aryl methyl sites for hydroxylation is 1. The fraction of sp³-hybridized carbons (Fsp3) is 0.407. The van der Waals surface area contributed by atoms with E-state index in [1.54, 1.807) is 0 Å². The van der Waals surface area contributed by atoms with Crippen LogP contribution in [0.15, 0.2) is 51.7 Å². The quantitative estimate of drug-likeness (QED) is 0.421. The molecule has 0 radical (unpaired) electrons. The predicted molar refractivity (Wildman–Crippen MR) is 125 cm³/mol. The molecular weight excluding hydrogens is 418 g/mol. The highest BCUT2D eigenvalue weighted by Gasteiger charge is 2.35. The zero-order valence-electron chi connectivity index (χ0n) is 19.1. The lowest BCUT2D eigenvalue weighted by Crippen LogP contribution is -2.48. The third-order valence-corrected chi connectivity index (χ3v) is 6.69. The largest absolute Gasteiger partial charge is 0.478 e. The Bertz CT molecular complexity index is 1230. The summed E-state index contributed by atoms with van der Waals surface area (Å²) in [6.07, 6.45) is 3.76. The van der Waals surface area contributed by atoms with E-state index in [1.165, 1.54) is 0 Å². The first kappa shape index (κ1) is 21.7. The SMILES string of the molecule is CC(C)[C@@H](C(=O)OCc1ccccc1)N1COc2ccc3c4c(c(=O)oc3c2C1)CCCC4. The van der Waals surface area contributed by atoms with E-state index in [9.17, 15) is 9.59 Å². The Labute approximate surface area is 193 Å². The van der Waals surface area contributed by atoms with Crippen molar-refractivity contribution in [2.75, 3.05) is 6.73 Å². The summed E-state index contributed by atoms with van der Waals surface area (Å²) in [6, 6.07) is 13.2. The van der Waals surface area contributed by atoms with Crippen LogP contribution in [0, 0.1) is 5.92 Å². The van der Waals surface area contributed by atoms with Crippen LogP contribution in [-0.4, -0.2) is 23.6 Å². The van der Waals surface area contributed by atoms with E-state index in [2.05, 4.69) is 0 Å². The molecule has 6 nitrogen and oxygen atoms in total. The molecule has 1 aliphatic heterocycles. The van der Waals surface area contributed by atoms with Gasteiger partial charge >= 0.3 is 11.6 Å². The summed E-state index contributed by atoms with van der Waals surface area (Å²) in [4.78, 5) is 27.8. The highest BCUT2D eigenvalue weighted by atomic mass is 16.5. The van der Waals surface area contributed by atoms with Crippen LogP contribution in [0.2, 0.25) is 0 Å². The highest BCUT2D eigenvalue weighted by Crippen LogP contribution is 2.36. The van der Waals surface area contributed by atoms with Crippen LogP contribution >= 0.6 is 0 Å². The number of benzene rings is 2. The molecule has 6 heteroatoms. The highest BCUT2D eigenvalue weighted by molar-refractivity contribution is 5.86. The molecule has 0 saturated carbocycles. The maximum absolute atomic E-state index is 13.1. The van der Waals surface area contributed by atoms with E-state index in [-0.39, 0.29) is 30.9 Å². The van der Waals surface area contributed by atoms with Crippen molar-refractivity contribution in [1.82, 2.24) is 4.90 Å². The molecule has 1 aromatic heterocycles. The van der Waals surface area contributed by atoms with Gasteiger partial charge in [-0.3, -0.25) is 9.69 Å². The van der Waals surface area contributed by atoms with Crippen molar-refractivity contribution in [2.45, 2.75) is 58.7 Å². The molecule has 0 unspecified atom stereocenters. The molecule has 0 amide bonds.